The third-order valence-electron chi connectivity index (χ3n) is 3.80. The summed E-state index contributed by atoms with van der Waals surface area (Å²) in [6.07, 6.45) is 0. The number of hydrogen-bond donors (Lipinski definition) is 2. The number of aryl methyl sites for hydroxylation is 3. The summed E-state index contributed by atoms with van der Waals surface area (Å²) >= 11 is 5.96. The van der Waals surface area contributed by atoms with Gasteiger partial charge in [-0.05, 0) is 38.0 Å². The number of carbonyl (C=O) groups excluding carboxylic acids is 3. The van der Waals surface area contributed by atoms with Gasteiger partial charge in [-0.15, -0.1) is 0 Å². The number of urea groups is 1. The van der Waals surface area contributed by atoms with Crippen molar-refractivity contribution < 1.29 is 19.1 Å². The smallest absolute Gasteiger partial charge is 0.343 e. The summed E-state index contributed by atoms with van der Waals surface area (Å²) in [5.41, 5.74) is 2.96. The molecular formula is C17H19ClN4O4. The number of benzene rings is 1. The highest BCUT2D eigenvalue weighted by molar-refractivity contribution is 6.32. The van der Waals surface area contributed by atoms with E-state index in [0.717, 1.165) is 11.1 Å². The van der Waals surface area contributed by atoms with Crippen molar-refractivity contribution >= 4 is 35.2 Å². The maximum Gasteiger partial charge on any atom is 0.343 e. The summed E-state index contributed by atoms with van der Waals surface area (Å²) in [5.74, 6) is -1.55. The Labute approximate surface area is 155 Å². The monoisotopic (exact) mass is 378 g/mol. The van der Waals surface area contributed by atoms with E-state index in [1.807, 2.05) is 19.9 Å². The van der Waals surface area contributed by atoms with Crippen LogP contribution in [0.1, 0.15) is 27.2 Å². The zero-order valence-corrected chi connectivity index (χ0v) is 15.6. The highest BCUT2D eigenvalue weighted by Crippen LogP contribution is 2.19. The van der Waals surface area contributed by atoms with Crippen LogP contribution in [0.25, 0.3) is 0 Å². The molecular weight excluding hydrogens is 360 g/mol. The van der Waals surface area contributed by atoms with Crippen molar-refractivity contribution in [2.45, 2.75) is 20.8 Å². The van der Waals surface area contributed by atoms with Gasteiger partial charge in [-0.25, -0.2) is 9.59 Å². The summed E-state index contributed by atoms with van der Waals surface area (Å²) in [4.78, 5) is 35.7. The summed E-state index contributed by atoms with van der Waals surface area (Å²) in [6.45, 7) is 4.74. The van der Waals surface area contributed by atoms with E-state index in [4.69, 9.17) is 16.3 Å². The summed E-state index contributed by atoms with van der Waals surface area (Å²) < 4.78 is 6.21. The molecule has 0 bridgehead atoms. The average molecular weight is 379 g/mol. The molecule has 0 fully saturated rings. The van der Waals surface area contributed by atoms with Crippen LogP contribution in [-0.2, 0) is 16.6 Å². The van der Waals surface area contributed by atoms with Crippen LogP contribution < -0.4 is 10.6 Å². The summed E-state index contributed by atoms with van der Waals surface area (Å²) in [7, 11) is 1.58. The first-order valence-corrected chi connectivity index (χ1v) is 8.11. The zero-order chi connectivity index (χ0) is 19.4. The Kier molecular flexibility index (Phi) is 5.99. The lowest BCUT2D eigenvalue weighted by Crippen LogP contribution is -2.37. The second-order valence-electron chi connectivity index (χ2n) is 5.70. The van der Waals surface area contributed by atoms with Crippen molar-refractivity contribution in [2.75, 3.05) is 11.9 Å². The molecule has 0 saturated carbocycles. The van der Waals surface area contributed by atoms with Gasteiger partial charge in [-0.3, -0.25) is 14.8 Å². The predicted molar refractivity (Wildman–Crippen MR) is 96.3 cm³/mol. The van der Waals surface area contributed by atoms with Gasteiger partial charge in [-0.1, -0.05) is 23.7 Å². The molecule has 2 rings (SSSR count). The SMILES string of the molecule is Cc1cccc(NC(=O)NC(=O)COC(=O)c2c(C)nn(C)c2Cl)c1C. The van der Waals surface area contributed by atoms with Gasteiger partial charge in [0.15, 0.2) is 6.61 Å². The number of nitrogens with zero attached hydrogens (tertiary/aromatic N) is 2. The number of imide groups is 1. The van der Waals surface area contributed by atoms with Crippen LogP contribution in [0.2, 0.25) is 5.15 Å². The fraction of sp³-hybridized carbons (Fsp3) is 0.294. The first kappa shape index (κ1) is 19.5. The fourth-order valence-electron chi connectivity index (χ4n) is 2.27. The van der Waals surface area contributed by atoms with Crippen molar-refractivity contribution in [3.05, 3.63) is 45.7 Å². The molecule has 2 N–H and O–H groups in total. The lowest BCUT2D eigenvalue weighted by atomic mass is 10.1. The molecule has 2 aromatic rings. The van der Waals surface area contributed by atoms with E-state index in [9.17, 15) is 14.4 Å². The first-order valence-electron chi connectivity index (χ1n) is 7.74. The first-order chi connectivity index (χ1) is 12.2. The molecule has 0 aliphatic rings. The second-order valence-corrected chi connectivity index (χ2v) is 6.06. The zero-order valence-electron chi connectivity index (χ0n) is 14.8. The van der Waals surface area contributed by atoms with Crippen molar-refractivity contribution in [3.8, 4) is 0 Å². The van der Waals surface area contributed by atoms with Crippen LogP contribution in [0.4, 0.5) is 10.5 Å². The van der Waals surface area contributed by atoms with Crippen molar-refractivity contribution in [2.24, 2.45) is 7.05 Å². The van der Waals surface area contributed by atoms with Crippen LogP contribution in [0.5, 0.6) is 0 Å². The standard InChI is InChI=1S/C17H19ClN4O4/c1-9-6-5-7-12(10(9)2)19-17(25)20-13(23)8-26-16(24)14-11(3)21-22(4)15(14)18/h5-7H,8H2,1-4H3,(H2,19,20,23,25). The molecule has 0 radical (unpaired) electrons. The van der Waals surface area contributed by atoms with Crippen LogP contribution in [0, 0.1) is 20.8 Å². The number of amides is 3. The quantitative estimate of drug-likeness (QED) is 0.796. The van der Waals surface area contributed by atoms with E-state index in [1.54, 1.807) is 26.1 Å². The molecule has 9 heteroatoms. The van der Waals surface area contributed by atoms with E-state index in [0.29, 0.717) is 11.4 Å². The molecule has 0 atom stereocenters. The Morgan fingerprint density at radius 2 is 1.92 bits per heavy atom. The molecule has 138 valence electrons. The average Bonchev–Trinajstić information content (AvgIpc) is 2.82. The maximum atomic E-state index is 12.0. The van der Waals surface area contributed by atoms with Gasteiger partial charge in [0.05, 0.1) is 5.69 Å². The number of rotatable bonds is 4. The molecule has 26 heavy (non-hydrogen) atoms. The molecule has 8 nitrogen and oxygen atoms in total. The van der Waals surface area contributed by atoms with Gasteiger partial charge in [0.25, 0.3) is 5.91 Å². The van der Waals surface area contributed by atoms with E-state index in [1.165, 1.54) is 4.68 Å². The highest BCUT2D eigenvalue weighted by atomic mass is 35.5. The number of anilines is 1. The van der Waals surface area contributed by atoms with E-state index in [2.05, 4.69) is 15.7 Å². The Balaban J connectivity index is 1.89. The fourth-order valence-corrected chi connectivity index (χ4v) is 2.52. The number of esters is 1. The topological polar surface area (TPSA) is 102 Å². The normalized spacial score (nSPS) is 10.3. The van der Waals surface area contributed by atoms with Crippen LogP contribution >= 0.6 is 11.6 Å². The minimum atomic E-state index is -0.786. The molecule has 0 aliphatic heterocycles. The Morgan fingerprint density at radius 3 is 2.54 bits per heavy atom. The van der Waals surface area contributed by atoms with Crippen LogP contribution in [0.15, 0.2) is 18.2 Å². The lowest BCUT2D eigenvalue weighted by molar-refractivity contribution is -0.123. The predicted octanol–water partition coefficient (Wildman–Crippen LogP) is 2.50. The Morgan fingerprint density at radius 1 is 1.23 bits per heavy atom. The van der Waals surface area contributed by atoms with Crippen molar-refractivity contribution in [1.29, 1.82) is 0 Å². The van der Waals surface area contributed by atoms with Gasteiger partial charge < -0.3 is 10.1 Å². The number of hydrogen-bond acceptors (Lipinski definition) is 5. The number of halogens is 1. The molecule has 1 heterocycles. The highest BCUT2D eigenvalue weighted by Gasteiger charge is 2.21. The lowest BCUT2D eigenvalue weighted by Gasteiger charge is -2.11. The van der Waals surface area contributed by atoms with Gasteiger partial charge in [-0.2, -0.15) is 5.10 Å². The molecule has 0 aliphatic carbocycles. The number of ether oxygens (including phenoxy) is 1. The molecule has 0 saturated heterocycles. The van der Waals surface area contributed by atoms with Gasteiger partial charge in [0.1, 0.15) is 10.7 Å². The summed E-state index contributed by atoms with van der Waals surface area (Å²) in [6, 6.07) is 4.71. The third-order valence-corrected chi connectivity index (χ3v) is 4.23. The molecule has 0 unspecified atom stereocenters. The Bertz CT molecular complexity index is 876. The third kappa shape index (κ3) is 4.40. The molecule has 1 aromatic carbocycles. The molecule has 1 aromatic heterocycles. The van der Waals surface area contributed by atoms with E-state index >= 15 is 0 Å². The van der Waals surface area contributed by atoms with Crippen LogP contribution in [-0.4, -0.2) is 34.3 Å². The van der Waals surface area contributed by atoms with E-state index in [-0.39, 0.29) is 10.7 Å². The Hall–Kier alpha value is -2.87. The minimum absolute atomic E-state index is 0.0850. The van der Waals surface area contributed by atoms with Crippen LogP contribution in [0.3, 0.4) is 0 Å². The molecule has 3 amide bonds. The van der Waals surface area contributed by atoms with Gasteiger partial charge in [0.2, 0.25) is 0 Å². The number of aromatic nitrogens is 2. The maximum absolute atomic E-state index is 12.0. The minimum Gasteiger partial charge on any atom is -0.452 e. The summed E-state index contributed by atoms with van der Waals surface area (Å²) in [5, 5.41) is 8.77. The van der Waals surface area contributed by atoms with Crippen molar-refractivity contribution in [1.82, 2.24) is 15.1 Å². The molecule has 0 spiro atoms. The largest absolute Gasteiger partial charge is 0.452 e. The second kappa shape index (κ2) is 8.01. The van der Waals surface area contributed by atoms with Crippen molar-refractivity contribution in [3.63, 3.8) is 0 Å². The number of nitrogens with one attached hydrogen (secondary N) is 2. The number of carbonyl (C=O) groups is 3. The van der Waals surface area contributed by atoms with Gasteiger partial charge >= 0.3 is 12.0 Å². The van der Waals surface area contributed by atoms with E-state index < -0.39 is 24.5 Å². The van der Waals surface area contributed by atoms with Gasteiger partial charge in [0, 0.05) is 12.7 Å².